The van der Waals surface area contributed by atoms with Crippen molar-refractivity contribution in [2.75, 3.05) is 6.54 Å². The molecule has 2 heterocycles. The molecule has 154 valence electrons. The number of hydrogen-bond acceptors (Lipinski definition) is 4. The largest absolute Gasteiger partial charge is 0.461 e. The topological polar surface area (TPSA) is 51.5 Å². The summed E-state index contributed by atoms with van der Waals surface area (Å²) in [5, 5.41) is -0.218. The second-order valence-corrected chi connectivity index (χ2v) is 8.24. The van der Waals surface area contributed by atoms with Crippen LogP contribution in [0.2, 0.25) is 10.3 Å². The van der Waals surface area contributed by atoms with Gasteiger partial charge in [-0.15, -0.1) is 0 Å². The van der Waals surface area contributed by atoms with E-state index in [4.69, 9.17) is 27.9 Å². The van der Waals surface area contributed by atoms with Gasteiger partial charge in [-0.2, -0.15) is 13.2 Å². The molecule has 29 heavy (non-hydrogen) atoms. The first-order valence-corrected chi connectivity index (χ1v) is 9.92. The molecule has 1 aromatic carbocycles. The van der Waals surface area contributed by atoms with E-state index in [2.05, 4.69) is 25.9 Å². The third-order valence-electron chi connectivity index (χ3n) is 4.68. The van der Waals surface area contributed by atoms with E-state index >= 15 is 0 Å². The van der Waals surface area contributed by atoms with Crippen LogP contribution in [-0.4, -0.2) is 29.4 Å². The number of carbonyl (C=O) groups excluding carboxylic acids is 1. The SMILES string of the molecule is CC(=O)OCc1ccc(C2=NCC(c3cc(Cl)nc(Cl)c3)(C(F)(F)F)C2)cc1Br. The molecule has 1 unspecified atom stereocenters. The summed E-state index contributed by atoms with van der Waals surface area (Å²) in [6.45, 7) is 0.877. The zero-order chi connectivity index (χ0) is 21.4. The summed E-state index contributed by atoms with van der Waals surface area (Å²) in [5.41, 5.74) is -0.759. The fourth-order valence-electron chi connectivity index (χ4n) is 3.13. The molecule has 1 atom stereocenters. The molecule has 0 bridgehead atoms. The lowest BCUT2D eigenvalue weighted by molar-refractivity contribution is -0.183. The number of carbonyl (C=O) groups is 1. The van der Waals surface area contributed by atoms with Gasteiger partial charge < -0.3 is 4.74 Å². The molecule has 1 aromatic heterocycles. The van der Waals surface area contributed by atoms with Crippen molar-refractivity contribution < 1.29 is 22.7 Å². The lowest BCUT2D eigenvalue weighted by atomic mass is 9.77. The lowest BCUT2D eigenvalue weighted by Gasteiger charge is -2.31. The molecule has 0 saturated heterocycles. The first kappa shape index (κ1) is 22.1. The standard InChI is InChI=1S/C19H14BrCl2F3N2O2/c1-10(28)29-8-12-3-2-11(4-14(12)20)15-7-18(9-26-15,19(23,24)25)13-5-16(21)27-17(22)6-13/h2-6H,7-9H2,1H3. The number of nitrogens with zero attached hydrogens (tertiary/aromatic N) is 2. The Morgan fingerprint density at radius 3 is 2.45 bits per heavy atom. The summed E-state index contributed by atoms with van der Waals surface area (Å²) < 4.78 is 48.0. The Kier molecular flexibility index (Phi) is 6.27. The summed E-state index contributed by atoms with van der Waals surface area (Å²) in [7, 11) is 0. The van der Waals surface area contributed by atoms with Crippen LogP contribution in [0.1, 0.15) is 30.0 Å². The molecule has 10 heteroatoms. The van der Waals surface area contributed by atoms with Crippen molar-refractivity contribution in [2.45, 2.75) is 31.5 Å². The van der Waals surface area contributed by atoms with Crippen LogP contribution in [0.4, 0.5) is 13.2 Å². The van der Waals surface area contributed by atoms with Crippen LogP contribution < -0.4 is 0 Å². The number of halogens is 6. The zero-order valence-electron chi connectivity index (χ0n) is 15.0. The van der Waals surface area contributed by atoms with E-state index in [9.17, 15) is 18.0 Å². The lowest BCUT2D eigenvalue weighted by Crippen LogP contribution is -2.43. The molecule has 0 radical (unpaired) electrons. The first-order valence-electron chi connectivity index (χ1n) is 8.37. The molecule has 0 aliphatic carbocycles. The highest BCUT2D eigenvalue weighted by molar-refractivity contribution is 9.10. The van der Waals surface area contributed by atoms with Gasteiger partial charge in [0.05, 0.1) is 6.54 Å². The van der Waals surface area contributed by atoms with Gasteiger partial charge in [0.15, 0.2) is 0 Å². The van der Waals surface area contributed by atoms with E-state index in [-0.39, 0.29) is 28.9 Å². The molecule has 3 rings (SSSR count). The van der Waals surface area contributed by atoms with E-state index in [1.165, 1.54) is 19.1 Å². The van der Waals surface area contributed by atoms with Gasteiger partial charge in [-0.3, -0.25) is 9.79 Å². The van der Waals surface area contributed by atoms with Crippen LogP contribution >= 0.6 is 39.1 Å². The number of rotatable bonds is 4. The van der Waals surface area contributed by atoms with Gasteiger partial charge in [0, 0.05) is 29.1 Å². The predicted molar refractivity (Wildman–Crippen MR) is 108 cm³/mol. The van der Waals surface area contributed by atoms with Gasteiger partial charge in [-0.05, 0) is 29.3 Å². The van der Waals surface area contributed by atoms with Crippen LogP contribution in [0.3, 0.4) is 0 Å². The number of aliphatic imine (C=N–C) groups is 1. The van der Waals surface area contributed by atoms with E-state index in [0.29, 0.717) is 21.3 Å². The Bertz CT molecular complexity index is 978. The minimum Gasteiger partial charge on any atom is -0.461 e. The Balaban J connectivity index is 1.93. The molecule has 0 saturated carbocycles. The molecular weight excluding hydrogens is 496 g/mol. The average Bonchev–Trinajstić information content (AvgIpc) is 3.06. The molecule has 0 amide bonds. The van der Waals surface area contributed by atoms with Gasteiger partial charge >= 0.3 is 12.1 Å². The summed E-state index contributed by atoms with van der Waals surface area (Å²) in [6.07, 6.45) is -4.93. The van der Waals surface area contributed by atoms with Crippen molar-refractivity contribution in [3.63, 3.8) is 0 Å². The van der Waals surface area contributed by atoms with Gasteiger partial charge in [0.2, 0.25) is 0 Å². The monoisotopic (exact) mass is 508 g/mol. The van der Waals surface area contributed by atoms with Crippen LogP contribution in [0.5, 0.6) is 0 Å². The number of pyridine rings is 1. The highest BCUT2D eigenvalue weighted by Gasteiger charge is 2.58. The van der Waals surface area contributed by atoms with Gasteiger partial charge in [-0.25, -0.2) is 4.98 Å². The Morgan fingerprint density at radius 1 is 1.24 bits per heavy atom. The van der Waals surface area contributed by atoms with Crippen molar-refractivity contribution in [2.24, 2.45) is 4.99 Å². The quantitative estimate of drug-likeness (QED) is 0.380. The second kappa shape index (κ2) is 8.24. The third-order valence-corrected chi connectivity index (χ3v) is 5.81. The van der Waals surface area contributed by atoms with Crippen molar-refractivity contribution in [3.8, 4) is 0 Å². The molecule has 0 fully saturated rings. The van der Waals surface area contributed by atoms with Crippen LogP contribution in [0.15, 0.2) is 39.8 Å². The number of hydrogen-bond donors (Lipinski definition) is 0. The van der Waals surface area contributed by atoms with E-state index in [0.717, 1.165) is 0 Å². The molecule has 2 aromatic rings. The summed E-state index contributed by atoms with van der Waals surface area (Å²) in [4.78, 5) is 18.9. The van der Waals surface area contributed by atoms with Crippen molar-refractivity contribution in [1.29, 1.82) is 0 Å². The third kappa shape index (κ3) is 4.59. The van der Waals surface area contributed by atoms with E-state index < -0.39 is 24.1 Å². The highest BCUT2D eigenvalue weighted by atomic mass is 79.9. The van der Waals surface area contributed by atoms with Gasteiger partial charge in [0.25, 0.3) is 0 Å². The fourth-order valence-corrected chi connectivity index (χ4v) is 4.09. The Labute approximate surface area is 183 Å². The number of ether oxygens (including phenoxy) is 1. The number of alkyl halides is 3. The minimum absolute atomic E-state index is 0.0587. The molecule has 0 spiro atoms. The maximum Gasteiger partial charge on any atom is 0.400 e. The second-order valence-electron chi connectivity index (χ2n) is 6.61. The summed E-state index contributed by atoms with van der Waals surface area (Å²) >= 11 is 15.0. The smallest absolute Gasteiger partial charge is 0.400 e. The Hall–Kier alpha value is -1.64. The van der Waals surface area contributed by atoms with Crippen molar-refractivity contribution in [1.82, 2.24) is 4.98 Å². The van der Waals surface area contributed by atoms with E-state index in [1.54, 1.807) is 18.2 Å². The zero-order valence-corrected chi connectivity index (χ0v) is 18.1. The number of benzene rings is 1. The van der Waals surface area contributed by atoms with Crippen LogP contribution in [-0.2, 0) is 21.6 Å². The summed E-state index contributed by atoms with van der Waals surface area (Å²) in [6, 6.07) is 7.35. The molecule has 1 aliphatic rings. The van der Waals surface area contributed by atoms with Gasteiger partial charge in [0.1, 0.15) is 22.3 Å². The summed E-state index contributed by atoms with van der Waals surface area (Å²) in [5.74, 6) is -0.425. The maximum atomic E-state index is 14.1. The highest BCUT2D eigenvalue weighted by Crippen LogP contribution is 2.48. The maximum absolute atomic E-state index is 14.1. The first-order chi connectivity index (χ1) is 13.5. The fraction of sp³-hybridized carbons (Fsp3) is 0.316. The predicted octanol–water partition coefficient (Wildman–Crippen LogP) is 5.91. The van der Waals surface area contributed by atoms with Crippen molar-refractivity contribution >= 4 is 50.8 Å². The van der Waals surface area contributed by atoms with Gasteiger partial charge in [-0.1, -0.05) is 51.3 Å². The minimum atomic E-state index is -4.57. The molecular formula is C19H14BrCl2F3N2O2. The van der Waals surface area contributed by atoms with Crippen LogP contribution in [0, 0.1) is 0 Å². The number of esters is 1. The normalized spacial score (nSPS) is 19.2. The number of aromatic nitrogens is 1. The van der Waals surface area contributed by atoms with Crippen LogP contribution in [0.25, 0.3) is 0 Å². The van der Waals surface area contributed by atoms with Crippen molar-refractivity contribution in [3.05, 3.63) is 61.8 Å². The molecule has 4 nitrogen and oxygen atoms in total. The Morgan fingerprint density at radius 2 is 1.90 bits per heavy atom. The molecule has 0 N–H and O–H groups in total. The molecule has 1 aliphatic heterocycles. The average molecular weight is 510 g/mol. The van der Waals surface area contributed by atoms with E-state index in [1.807, 2.05) is 0 Å².